The van der Waals surface area contributed by atoms with Crippen LogP contribution in [0.3, 0.4) is 0 Å². The summed E-state index contributed by atoms with van der Waals surface area (Å²) < 4.78 is 5.43. The van der Waals surface area contributed by atoms with Crippen molar-refractivity contribution >= 4 is 23.2 Å². The fraction of sp³-hybridized carbons (Fsp3) is 0.250. The van der Waals surface area contributed by atoms with E-state index in [1.54, 1.807) is 29.0 Å². The third-order valence-corrected chi connectivity index (χ3v) is 3.93. The first-order chi connectivity index (χ1) is 10.2. The quantitative estimate of drug-likeness (QED) is 0.864. The standard InChI is InChI=1S/C16H15NO3S/c18-15(17-13-6-7-13)14(11-4-2-1-3-5-11)20-16(19)12-8-9-21-10-12/h1-5,8-10,13-14H,6-7H2,(H,17,18)/t14-/m0/s1. The van der Waals surface area contributed by atoms with Crippen LogP contribution < -0.4 is 5.32 Å². The number of ether oxygens (including phenoxy) is 1. The van der Waals surface area contributed by atoms with Gasteiger partial charge in [-0.15, -0.1) is 0 Å². The molecule has 1 aromatic heterocycles. The van der Waals surface area contributed by atoms with Gasteiger partial charge in [-0.1, -0.05) is 30.3 Å². The Bertz CT molecular complexity index is 620. The van der Waals surface area contributed by atoms with Crippen LogP contribution in [-0.2, 0) is 9.53 Å². The molecule has 1 aliphatic carbocycles. The molecule has 1 amide bonds. The van der Waals surface area contributed by atoms with Gasteiger partial charge in [0.15, 0.2) is 0 Å². The largest absolute Gasteiger partial charge is 0.444 e. The van der Waals surface area contributed by atoms with Crippen LogP contribution in [0.4, 0.5) is 0 Å². The number of esters is 1. The summed E-state index contributed by atoms with van der Waals surface area (Å²) in [5, 5.41) is 6.40. The summed E-state index contributed by atoms with van der Waals surface area (Å²) in [6.45, 7) is 0. The zero-order valence-corrected chi connectivity index (χ0v) is 12.1. The Balaban J connectivity index is 1.78. The Kier molecular flexibility index (Phi) is 4.01. The van der Waals surface area contributed by atoms with Gasteiger partial charge in [-0.25, -0.2) is 4.79 Å². The molecule has 1 heterocycles. The van der Waals surface area contributed by atoms with Crippen LogP contribution in [0.25, 0.3) is 0 Å². The number of hydrogen-bond acceptors (Lipinski definition) is 4. The van der Waals surface area contributed by atoms with Crippen molar-refractivity contribution in [3.63, 3.8) is 0 Å². The minimum atomic E-state index is -0.904. The molecule has 1 atom stereocenters. The zero-order valence-electron chi connectivity index (χ0n) is 11.3. The Morgan fingerprint density at radius 1 is 1.19 bits per heavy atom. The van der Waals surface area contributed by atoms with Crippen molar-refractivity contribution in [3.05, 3.63) is 58.3 Å². The van der Waals surface area contributed by atoms with Crippen LogP contribution in [0.5, 0.6) is 0 Å². The molecular weight excluding hydrogens is 286 g/mol. The zero-order chi connectivity index (χ0) is 14.7. The van der Waals surface area contributed by atoms with E-state index in [-0.39, 0.29) is 11.9 Å². The molecule has 2 aromatic rings. The molecule has 4 nitrogen and oxygen atoms in total. The number of rotatable bonds is 5. The van der Waals surface area contributed by atoms with Gasteiger partial charge in [-0.05, 0) is 24.3 Å². The number of carbonyl (C=O) groups is 2. The molecule has 0 radical (unpaired) electrons. The summed E-state index contributed by atoms with van der Waals surface area (Å²) in [7, 11) is 0. The van der Waals surface area contributed by atoms with Crippen molar-refractivity contribution in [3.8, 4) is 0 Å². The topological polar surface area (TPSA) is 55.4 Å². The second kappa shape index (κ2) is 6.10. The van der Waals surface area contributed by atoms with Gasteiger partial charge in [0, 0.05) is 17.0 Å². The van der Waals surface area contributed by atoms with Crippen molar-refractivity contribution in [2.45, 2.75) is 25.0 Å². The first-order valence-corrected chi connectivity index (χ1v) is 7.77. The summed E-state index contributed by atoms with van der Waals surface area (Å²) >= 11 is 1.42. The fourth-order valence-corrected chi connectivity index (χ4v) is 2.59. The third kappa shape index (κ3) is 3.49. The van der Waals surface area contributed by atoms with Gasteiger partial charge in [-0.3, -0.25) is 4.79 Å². The van der Waals surface area contributed by atoms with E-state index in [0.29, 0.717) is 11.1 Å². The Hall–Kier alpha value is -2.14. The summed E-state index contributed by atoms with van der Waals surface area (Å²) in [5.74, 6) is -0.733. The van der Waals surface area contributed by atoms with Gasteiger partial charge in [-0.2, -0.15) is 11.3 Å². The number of carbonyl (C=O) groups excluding carboxylic acids is 2. The van der Waals surface area contributed by atoms with E-state index >= 15 is 0 Å². The van der Waals surface area contributed by atoms with E-state index in [1.807, 2.05) is 18.2 Å². The van der Waals surface area contributed by atoms with Crippen molar-refractivity contribution < 1.29 is 14.3 Å². The van der Waals surface area contributed by atoms with Crippen molar-refractivity contribution in [2.75, 3.05) is 0 Å². The molecule has 0 saturated heterocycles. The summed E-state index contributed by atoms with van der Waals surface area (Å²) in [6.07, 6.45) is 1.08. The number of benzene rings is 1. The first kappa shape index (κ1) is 13.8. The third-order valence-electron chi connectivity index (χ3n) is 3.25. The lowest BCUT2D eigenvalue weighted by Gasteiger charge is -2.17. The first-order valence-electron chi connectivity index (χ1n) is 6.82. The molecule has 1 fully saturated rings. The van der Waals surface area contributed by atoms with Gasteiger partial charge in [0.1, 0.15) is 0 Å². The van der Waals surface area contributed by atoms with Crippen molar-refractivity contribution in [1.82, 2.24) is 5.32 Å². The lowest BCUT2D eigenvalue weighted by molar-refractivity contribution is -0.130. The summed E-state index contributed by atoms with van der Waals surface area (Å²) in [6, 6.07) is 11.0. The van der Waals surface area contributed by atoms with Crippen molar-refractivity contribution in [2.24, 2.45) is 0 Å². The van der Waals surface area contributed by atoms with E-state index in [9.17, 15) is 9.59 Å². The van der Waals surface area contributed by atoms with E-state index in [4.69, 9.17) is 4.74 Å². The van der Waals surface area contributed by atoms with Crippen LogP contribution in [0.1, 0.15) is 34.9 Å². The molecule has 3 rings (SSSR count). The van der Waals surface area contributed by atoms with Crippen LogP contribution >= 0.6 is 11.3 Å². The normalized spacial score (nSPS) is 15.2. The van der Waals surface area contributed by atoms with Crippen LogP contribution in [0.15, 0.2) is 47.2 Å². The highest BCUT2D eigenvalue weighted by molar-refractivity contribution is 7.08. The molecule has 1 N–H and O–H groups in total. The molecule has 0 spiro atoms. The van der Waals surface area contributed by atoms with Gasteiger partial charge >= 0.3 is 5.97 Å². The van der Waals surface area contributed by atoms with Crippen molar-refractivity contribution in [1.29, 1.82) is 0 Å². The second-order valence-electron chi connectivity index (χ2n) is 4.99. The van der Waals surface area contributed by atoms with Crippen LogP contribution in [0, 0.1) is 0 Å². The molecule has 1 aliphatic rings. The summed E-state index contributed by atoms with van der Waals surface area (Å²) in [5.41, 5.74) is 1.15. The molecule has 0 unspecified atom stereocenters. The van der Waals surface area contributed by atoms with Crippen LogP contribution in [0.2, 0.25) is 0 Å². The highest BCUT2D eigenvalue weighted by atomic mass is 32.1. The lowest BCUT2D eigenvalue weighted by Crippen LogP contribution is -2.33. The molecule has 0 bridgehead atoms. The van der Waals surface area contributed by atoms with E-state index in [2.05, 4.69) is 5.32 Å². The summed E-state index contributed by atoms with van der Waals surface area (Å²) in [4.78, 5) is 24.4. The Morgan fingerprint density at radius 3 is 2.57 bits per heavy atom. The van der Waals surface area contributed by atoms with E-state index < -0.39 is 12.1 Å². The average molecular weight is 301 g/mol. The average Bonchev–Trinajstić information content (AvgIpc) is 3.15. The van der Waals surface area contributed by atoms with E-state index in [0.717, 1.165) is 12.8 Å². The minimum Gasteiger partial charge on any atom is -0.444 e. The van der Waals surface area contributed by atoms with Gasteiger partial charge in [0.25, 0.3) is 5.91 Å². The lowest BCUT2D eigenvalue weighted by atomic mass is 10.1. The number of thiophene rings is 1. The molecule has 1 aromatic carbocycles. The molecule has 5 heteroatoms. The maximum absolute atomic E-state index is 12.3. The maximum Gasteiger partial charge on any atom is 0.340 e. The number of nitrogens with one attached hydrogen (secondary N) is 1. The molecule has 1 saturated carbocycles. The predicted molar refractivity (Wildman–Crippen MR) is 80.1 cm³/mol. The van der Waals surface area contributed by atoms with Gasteiger partial charge < -0.3 is 10.1 Å². The Labute approximate surface area is 126 Å². The SMILES string of the molecule is O=C(O[C@H](C(=O)NC1CC1)c1ccccc1)c1ccsc1. The smallest absolute Gasteiger partial charge is 0.340 e. The predicted octanol–water partition coefficient (Wildman–Crippen LogP) is 2.92. The number of amides is 1. The molecule has 0 aliphatic heterocycles. The molecular formula is C16H15NO3S. The van der Waals surface area contributed by atoms with Gasteiger partial charge in [0.05, 0.1) is 5.56 Å². The maximum atomic E-state index is 12.3. The second-order valence-corrected chi connectivity index (χ2v) is 5.77. The highest BCUT2D eigenvalue weighted by Gasteiger charge is 2.31. The van der Waals surface area contributed by atoms with E-state index in [1.165, 1.54) is 11.3 Å². The fourth-order valence-electron chi connectivity index (χ4n) is 1.96. The molecule has 108 valence electrons. The van der Waals surface area contributed by atoms with Crippen LogP contribution in [-0.4, -0.2) is 17.9 Å². The van der Waals surface area contributed by atoms with Gasteiger partial charge in [0.2, 0.25) is 6.10 Å². The number of hydrogen-bond donors (Lipinski definition) is 1. The Morgan fingerprint density at radius 2 is 1.95 bits per heavy atom. The monoisotopic (exact) mass is 301 g/mol. The highest BCUT2D eigenvalue weighted by Crippen LogP contribution is 2.24. The minimum absolute atomic E-state index is 0.226. The molecule has 21 heavy (non-hydrogen) atoms.